The van der Waals surface area contributed by atoms with Gasteiger partial charge in [0.1, 0.15) is 0 Å². The number of hydrogen-bond acceptors (Lipinski definition) is 9. The Kier molecular flexibility index (Phi) is 25.7. The van der Waals surface area contributed by atoms with E-state index in [2.05, 4.69) is 206 Å². The van der Waals surface area contributed by atoms with Gasteiger partial charge in [-0.25, -0.2) is 25.3 Å². The Hall–Kier alpha value is -1.10. The quantitative estimate of drug-likeness (QED) is 0.0629. The molecule has 63 heavy (non-hydrogen) atoms. The van der Waals surface area contributed by atoms with Crippen molar-refractivity contribution in [2.75, 3.05) is 0 Å². The molecule has 360 valence electrons. The van der Waals surface area contributed by atoms with E-state index in [1.807, 2.05) is 0 Å². The summed E-state index contributed by atoms with van der Waals surface area (Å²) in [5, 5.41) is 0. The van der Waals surface area contributed by atoms with Gasteiger partial charge in [0.15, 0.2) is 30.4 Å². The molecule has 17 nitrogen and oxygen atoms in total. The van der Waals surface area contributed by atoms with Gasteiger partial charge in [-0.2, -0.15) is 39.5 Å². The van der Waals surface area contributed by atoms with E-state index < -0.39 is 46.9 Å². The molecule has 4 aromatic rings. The van der Waals surface area contributed by atoms with E-state index in [4.69, 9.17) is 38.9 Å². The first-order chi connectivity index (χ1) is 27.6. The molecule has 4 rings (SSSR count). The van der Waals surface area contributed by atoms with Crippen molar-refractivity contribution in [1.29, 1.82) is 0 Å². The molecule has 0 bridgehead atoms. The van der Waals surface area contributed by atoms with Gasteiger partial charge in [-0.15, -0.1) is 0 Å². The van der Waals surface area contributed by atoms with Crippen LogP contribution in [0.1, 0.15) is 79.6 Å². The van der Waals surface area contributed by atoms with Crippen LogP contribution in [0, 0.1) is 0 Å². The van der Waals surface area contributed by atoms with Gasteiger partial charge < -0.3 is 13.7 Å². The van der Waals surface area contributed by atoms with Crippen LogP contribution in [0.25, 0.3) is 0 Å². The summed E-state index contributed by atoms with van der Waals surface area (Å²) in [7, 11) is -18.3. The van der Waals surface area contributed by atoms with E-state index >= 15 is 0 Å². The third-order valence-corrected chi connectivity index (χ3v) is 12.6. The van der Waals surface area contributed by atoms with Crippen molar-refractivity contribution < 1.29 is 96.7 Å². The van der Waals surface area contributed by atoms with Crippen LogP contribution in [0.5, 0.6) is 0 Å². The number of aromatic nitrogens is 8. The van der Waals surface area contributed by atoms with Crippen molar-refractivity contribution in [2.24, 2.45) is 0 Å². The maximum absolute atomic E-state index is 10.7. The zero-order valence-electron chi connectivity index (χ0n) is 33.8. The fraction of sp³-hybridized carbons (Fsp3) is 0.586. The fourth-order valence-electron chi connectivity index (χ4n) is 4.04. The maximum atomic E-state index is 10.7. The van der Waals surface area contributed by atoms with Gasteiger partial charge in [-0.3, -0.25) is 0 Å². The van der Waals surface area contributed by atoms with Crippen molar-refractivity contribution in [3.05, 3.63) is 49.6 Å². The largest absolute Gasteiger partial charge is 3.00 e. The minimum absolute atomic E-state index is 0. The summed E-state index contributed by atoms with van der Waals surface area (Å²) in [5.41, 5.74) is -16.9. The number of hydrogen-bond donors (Lipinski definition) is 0. The third-order valence-electron chi connectivity index (χ3n) is 7.18. The molecule has 2 radical (unpaired) electrons. The minimum Gasteiger partial charge on any atom is -0.741 e. The van der Waals surface area contributed by atoms with Crippen molar-refractivity contribution in [3.63, 3.8) is 0 Å². The Morgan fingerprint density at radius 3 is 0.651 bits per heavy atom. The summed E-state index contributed by atoms with van der Waals surface area (Å²) < 4.78 is 199. The molecule has 0 spiro atoms. The number of rotatable bonds is 8. The number of imidazole rings is 4. The number of alkyl halides is 9. The molecule has 0 aliphatic carbocycles. The Labute approximate surface area is 410 Å². The van der Waals surface area contributed by atoms with E-state index in [9.17, 15) is 39.5 Å². The first kappa shape index (κ1) is 64.0. The van der Waals surface area contributed by atoms with Crippen LogP contribution in [-0.4, -0.2) is 164 Å². The van der Waals surface area contributed by atoms with Gasteiger partial charge in [0, 0.05) is 0 Å². The molecule has 0 amide bonds. The molecule has 0 aliphatic rings. The number of halogens is 9. The molecule has 0 aromatic carbocycles. The summed E-state index contributed by atoms with van der Waals surface area (Å²) in [6, 6.07) is 1.87. The molecule has 0 saturated heterocycles. The molecule has 34 heteroatoms. The predicted octanol–water partition coefficient (Wildman–Crippen LogP) is -1.99. The summed E-state index contributed by atoms with van der Waals surface area (Å²) in [6.07, 6.45) is 16.9. The van der Waals surface area contributed by atoms with Crippen LogP contribution >= 0.6 is 0 Å². The molecular formula is C29H40BiF9N8O9S3Se4. The molecule has 0 unspecified atom stereocenters. The van der Waals surface area contributed by atoms with Gasteiger partial charge in [0.2, 0.25) is 0 Å². The Morgan fingerprint density at radius 2 is 0.571 bits per heavy atom. The zero-order valence-corrected chi connectivity index (χ0v) is 46.6. The Bertz CT molecular complexity index is 2100. The first-order valence-corrected chi connectivity index (χ1v) is 24.4. The Balaban J connectivity index is 0. The molecular weight excluding hydrogens is 1400 g/mol. The summed E-state index contributed by atoms with van der Waals surface area (Å²) in [4.78, 5) is 0. The molecule has 4 aromatic heterocycles. The van der Waals surface area contributed by atoms with Gasteiger partial charge in [-0.1, -0.05) is 0 Å². The van der Waals surface area contributed by atoms with Gasteiger partial charge in [-0.05, 0) is 0 Å². The van der Waals surface area contributed by atoms with E-state index in [0.29, 0.717) is 24.2 Å². The normalized spacial score (nSPS) is 12.4. The molecule has 0 aliphatic heterocycles. The molecule has 0 fully saturated rings. The summed E-state index contributed by atoms with van der Waals surface area (Å²) in [5.74, 6) is 0. The predicted molar refractivity (Wildman–Crippen MR) is 205 cm³/mol. The van der Waals surface area contributed by atoms with Crippen molar-refractivity contribution >= 4 is 140 Å². The molecule has 0 N–H and O–H groups in total. The molecule has 0 atom stereocenters. The van der Waals surface area contributed by atoms with Crippen LogP contribution in [0.3, 0.4) is 0 Å². The van der Waals surface area contributed by atoms with Gasteiger partial charge in [0.05, 0.1) is 0 Å². The van der Waals surface area contributed by atoms with Crippen molar-refractivity contribution in [1.82, 2.24) is 18.3 Å². The smallest absolute Gasteiger partial charge is 0.741 e. The monoisotopic (exact) mass is 1440 g/mol. The zero-order chi connectivity index (χ0) is 49.3. The fourth-order valence-corrected chi connectivity index (χ4v) is 7.32. The van der Waals surface area contributed by atoms with E-state index in [1.165, 1.54) is 0 Å². The second-order valence-corrected chi connectivity index (χ2v) is 20.4. The van der Waals surface area contributed by atoms with Crippen LogP contribution in [0.4, 0.5) is 39.5 Å². The van der Waals surface area contributed by atoms with Crippen molar-refractivity contribution in [2.45, 2.75) is 109 Å². The number of nitrogens with zero attached hydrogens (tertiary/aromatic N) is 8. The Morgan fingerprint density at radius 1 is 0.444 bits per heavy atom. The molecule has 4 heterocycles. The van der Waals surface area contributed by atoms with Crippen LogP contribution in [-0.2, 0) is 43.7 Å². The minimum atomic E-state index is -6.09. The first-order valence-electron chi connectivity index (χ1n) is 16.7. The van der Waals surface area contributed by atoms with Gasteiger partial charge >= 0.3 is 305 Å². The summed E-state index contributed by atoms with van der Waals surface area (Å²) in [6.45, 7) is 19.1. The molecule has 0 saturated carbocycles. The average Bonchev–Trinajstić information content (AvgIpc) is 3.83. The second kappa shape index (κ2) is 25.3. The van der Waals surface area contributed by atoms with Crippen LogP contribution < -0.4 is 37.2 Å². The van der Waals surface area contributed by atoms with E-state index in [-0.39, 0.29) is 26.2 Å². The topological polar surface area (TPSA) is 207 Å². The SMILES string of the molecule is CC(C)n1cc[n+](C[n+]2ccn(C(C)C)c2[Se-])c1[Se-].CC(C)n1cc[n+](C[n+]2ccn(C(C)C)c2[Se-])c1[Se-].O=S(=O)([O-])C(F)(F)F.O=S(=O)([O-])C(F)(F)F.O=S(=O)([O-])C(F)(F)F.[Bi+3]. The standard InChI is InChI=1S/2C13H20N4Se2.3CHF3O3S.Bi/c2*1-10(2)16-7-5-14(12(16)18)9-15-6-8-17(11(3)4)13(15)19;3*2-1(3,4)8(5,6)7;/h2*5-8,10-11H,9H2,1-4H3;3*(H,5,6,7);/q;;;;;+3/p-3. The van der Waals surface area contributed by atoms with Crippen LogP contribution in [0.2, 0.25) is 0 Å². The van der Waals surface area contributed by atoms with E-state index in [1.54, 1.807) is 0 Å². The maximum Gasteiger partial charge on any atom is 3.00 e. The van der Waals surface area contributed by atoms with E-state index in [0.717, 1.165) is 32.2 Å². The van der Waals surface area contributed by atoms with Gasteiger partial charge in [0.25, 0.3) is 0 Å². The summed E-state index contributed by atoms with van der Waals surface area (Å²) >= 11 is 12.7. The average molecular weight is 1440 g/mol. The van der Waals surface area contributed by atoms with Crippen molar-refractivity contribution in [3.8, 4) is 0 Å². The third kappa shape index (κ3) is 20.3. The second-order valence-electron chi connectivity index (χ2n) is 13.2. The van der Waals surface area contributed by atoms with Crippen LogP contribution in [0.15, 0.2) is 49.6 Å².